The fourth-order valence-corrected chi connectivity index (χ4v) is 5.06. The summed E-state index contributed by atoms with van der Waals surface area (Å²) in [4.78, 5) is 13.1. The van der Waals surface area contributed by atoms with E-state index in [0.717, 1.165) is 39.3 Å². The highest BCUT2D eigenvalue weighted by molar-refractivity contribution is 7.19. The van der Waals surface area contributed by atoms with Gasteiger partial charge in [0.2, 0.25) is 0 Å². The number of hydrogen-bond donors (Lipinski definition) is 1. The Hall–Kier alpha value is -2.25. The van der Waals surface area contributed by atoms with E-state index in [1.807, 2.05) is 24.3 Å². The Balaban J connectivity index is 1.91. The van der Waals surface area contributed by atoms with Crippen LogP contribution in [0.1, 0.15) is 31.0 Å². The summed E-state index contributed by atoms with van der Waals surface area (Å²) < 4.78 is 0. The standard InChI is InChI=1S/C22H21Cl2N5S/c1-3-29(4-2)20(14-5-7-16(23)8-6-14)17-12-18(15-9-10-25-19(24)11-15)30-21(17)22-26-13-27-28-22/h5-13,20H,3-4H2,1-2H3,(H,26,27,28). The monoisotopic (exact) mass is 457 g/mol. The highest BCUT2D eigenvalue weighted by Crippen LogP contribution is 2.43. The zero-order chi connectivity index (χ0) is 21.1. The summed E-state index contributed by atoms with van der Waals surface area (Å²) in [7, 11) is 0. The van der Waals surface area contributed by atoms with Gasteiger partial charge in [0.05, 0.1) is 10.9 Å². The van der Waals surface area contributed by atoms with Gasteiger partial charge in [-0.2, -0.15) is 5.10 Å². The highest BCUT2D eigenvalue weighted by atomic mass is 35.5. The van der Waals surface area contributed by atoms with Gasteiger partial charge in [0.15, 0.2) is 5.82 Å². The molecule has 8 heteroatoms. The Kier molecular flexibility index (Phi) is 6.49. The van der Waals surface area contributed by atoms with Crippen molar-refractivity contribution in [3.05, 3.63) is 76.3 Å². The van der Waals surface area contributed by atoms with Crippen LogP contribution in [-0.2, 0) is 0 Å². The number of benzene rings is 1. The number of H-pyrrole nitrogens is 1. The van der Waals surface area contributed by atoms with E-state index >= 15 is 0 Å². The molecule has 0 bridgehead atoms. The van der Waals surface area contributed by atoms with Crippen LogP contribution in [-0.4, -0.2) is 38.2 Å². The second kappa shape index (κ2) is 9.27. The molecular formula is C22H21Cl2N5S. The average Bonchev–Trinajstić information content (AvgIpc) is 3.43. The maximum Gasteiger partial charge on any atom is 0.165 e. The lowest BCUT2D eigenvalue weighted by atomic mass is 9.96. The predicted octanol–water partition coefficient (Wildman–Crippen LogP) is 6.33. The van der Waals surface area contributed by atoms with E-state index in [9.17, 15) is 0 Å². The summed E-state index contributed by atoms with van der Waals surface area (Å²) >= 11 is 14.0. The quantitative estimate of drug-likeness (QED) is 0.329. The Labute approximate surface area is 189 Å². The summed E-state index contributed by atoms with van der Waals surface area (Å²) in [5.74, 6) is 0.757. The lowest BCUT2D eigenvalue weighted by Gasteiger charge is -2.30. The minimum Gasteiger partial charge on any atom is -0.293 e. The summed E-state index contributed by atoms with van der Waals surface area (Å²) in [6, 6.07) is 14.2. The molecule has 154 valence electrons. The minimum absolute atomic E-state index is 0.0553. The maximum absolute atomic E-state index is 6.17. The Morgan fingerprint density at radius 3 is 2.43 bits per heavy atom. The Morgan fingerprint density at radius 2 is 1.80 bits per heavy atom. The molecule has 0 radical (unpaired) electrons. The lowest BCUT2D eigenvalue weighted by molar-refractivity contribution is 0.251. The normalized spacial score (nSPS) is 12.4. The van der Waals surface area contributed by atoms with Crippen molar-refractivity contribution in [2.45, 2.75) is 19.9 Å². The molecule has 0 saturated heterocycles. The molecule has 0 aliphatic carbocycles. The van der Waals surface area contributed by atoms with Crippen molar-refractivity contribution in [2.24, 2.45) is 0 Å². The number of aromatic nitrogens is 4. The van der Waals surface area contributed by atoms with Crippen molar-refractivity contribution in [3.8, 4) is 21.1 Å². The summed E-state index contributed by atoms with van der Waals surface area (Å²) in [6.07, 6.45) is 3.27. The number of rotatable bonds is 7. The third-order valence-electron chi connectivity index (χ3n) is 5.06. The van der Waals surface area contributed by atoms with E-state index in [2.05, 4.69) is 57.1 Å². The maximum atomic E-state index is 6.17. The number of aromatic amines is 1. The number of thiophene rings is 1. The van der Waals surface area contributed by atoms with E-state index in [4.69, 9.17) is 23.2 Å². The summed E-state index contributed by atoms with van der Waals surface area (Å²) in [5.41, 5.74) is 3.38. The van der Waals surface area contributed by atoms with Crippen LogP contribution >= 0.6 is 34.5 Å². The van der Waals surface area contributed by atoms with Gasteiger partial charge in [-0.05, 0) is 60.1 Å². The van der Waals surface area contributed by atoms with Crippen molar-refractivity contribution in [2.75, 3.05) is 13.1 Å². The van der Waals surface area contributed by atoms with E-state index < -0.39 is 0 Å². The fourth-order valence-electron chi connectivity index (χ4n) is 3.63. The average molecular weight is 458 g/mol. The number of pyridine rings is 1. The van der Waals surface area contributed by atoms with Gasteiger partial charge in [-0.3, -0.25) is 10.00 Å². The van der Waals surface area contributed by atoms with E-state index in [-0.39, 0.29) is 6.04 Å². The third kappa shape index (κ3) is 4.27. The SMILES string of the molecule is CCN(CC)C(c1ccc(Cl)cc1)c1cc(-c2ccnc(Cl)c2)sc1-c1ncn[nH]1. The van der Waals surface area contributed by atoms with E-state index in [0.29, 0.717) is 5.15 Å². The van der Waals surface area contributed by atoms with Crippen LogP contribution in [0.4, 0.5) is 0 Å². The van der Waals surface area contributed by atoms with Crippen LogP contribution in [0.3, 0.4) is 0 Å². The first-order valence-corrected chi connectivity index (χ1v) is 11.3. The summed E-state index contributed by atoms with van der Waals surface area (Å²) in [5, 5.41) is 8.31. The topological polar surface area (TPSA) is 57.7 Å². The van der Waals surface area contributed by atoms with Crippen LogP contribution in [0.15, 0.2) is 55.0 Å². The molecule has 0 aliphatic heterocycles. The highest BCUT2D eigenvalue weighted by Gasteiger charge is 2.27. The molecule has 1 atom stereocenters. The molecule has 1 unspecified atom stereocenters. The smallest absolute Gasteiger partial charge is 0.165 e. The van der Waals surface area contributed by atoms with Gasteiger partial charge < -0.3 is 0 Å². The van der Waals surface area contributed by atoms with Crippen molar-refractivity contribution in [3.63, 3.8) is 0 Å². The Bertz CT molecular complexity index is 1110. The third-order valence-corrected chi connectivity index (χ3v) is 6.73. The van der Waals surface area contributed by atoms with Crippen LogP contribution < -0.4 is 0 Å². The molecule has 0 fully saturated rings. The molecule has 30 heavy (non-hydrogen) atoms. The Morgan fingerprint density at radius 1 is 1.03 bits per heavy atom. The van der Waals surface area contributed by atoms with Gasteiger partial charge in [0.1, 0.15) is 11.5 Å². The molecule has 0 aliphatic rings. The minimum atomic E-state index is 0.0553. The van der Waals surface area contributed by atoms with Gasteiger partial charge in [-0.25, -0.2) is 9.97 Å². The van der Waals surface area contributed by atoms with Gasteiger partial charge in [-0.1, -0.05) is 49.2 Å². The molecule has 3 heterocycles. The van der Waals surface area contributed by atoms with Crippen molar-refractivity contribution >= 4 is 34.5 Å². The molecule has 5 nitrogen and oxygen atoms in total. The van der Waals surface area contributed by atoms with Gasteiger partial charge in [-0.15, -0.1) is 11.3 Å². The van der Waals surface area contributed by atoms with Crippen LogP contribution in [0.25, 0.3) is 21.1 Å². The van der Waals surface area contributed by atoms with Gasteiger partial charge >= 0.3 is 0 Å². The number of nitrogens with zero attached hydrogens (tertiary/aromatic N) is 4. The zero-order valence-corrected chi connectivity index (χ0v) is 19.0. The molecule has 1 N–H and O–H groups in total. The molecule has 4 aromatic rings. The molecule has 0 spiro atoms. The van der Waals surface area contributed by atoms with Crippen LogP contribution in [0.5, 0.6) is 0 Å². The van der Waals surface area contributed by atoms with Crippen molar-refractivity contribution in [1.29, 1.82) is 0 Å². The second-order valence-electron chi connectivity index (χ2n) is 6.77. The first-order valence-electron chi connectivity index (χ1n) is 9.71. The van der Waals surface area contributed by atoms with Crippen molar-refractivity contribution in [1.82, 2.24) is 25.1 Å². The number of nitrogens with one attached hydrogen (secondary N) is 1. The molecule has 3 aromatic heterocycles. The van der Waals surface area contributed by atoms with E-state index in [1.54, 1.807) is 17.5 Å². The van der Waals surface area contributed by atoms with E-state index in [1.165, 1.54) is 17.5 Å². The largest absolute Gasteiger partial charge is 0.293 e. The van der Waals surface area contributed by atoms with Crippen LogP contribution in [0.2, 0.25) is 10.2 Å². The summed E-state index contributed by atoms with van der Waals surface area (Å²) in [6.45, 7) is 6.17. The first-order chi connectivity index (χ1) is 14.6. The van der Waals surface area contributed by atoms with Gasteiger partial charge in [0, 0.05) is 16.1 Å². The fraction of sp³-hybridized carbons (Fsp3) is 0.227. The lowest BCUT2D eigenvalue weighted by Crippen LogP contribution is -2.29. The molecule has 4 rings (SSSR count). The second-order valence-corrected chi connectivity index (χ2v) is 8.65. The number of halogens is 2. The molecule has 0 saturated carbocycles. The predicted molar refractivity (Wildman–Crippen MR) is 124 cm³/mol. The molecular weight excluding hydrogens is 437 g/mol. The molecule has 1 aromatic carbocycles. The first kappa shape index (κ1) is 21.0. The van der Waals surface area contributed by atoms with Crippen LogP contribution in [0, 0.1) is 0 Å². The molecule has 0 amide bonds. The number of hydrogen-bond acceptors (Lipinski definition) is 5. The zero-order valence-electron chi connectivity index (χ0n) is 16.6. The van der Waals surface area contributed by atoms with Crippen molar-refractivity contribution < 1.29 is 0 Å². The van der Waals surface area contributed by atoms with Gasteiger partial charge in [0.25, 0.3) is 0 Å².